The smallest absolute Gasteiger partial charge is 0.283 e. The van der Waals surface area contributed by atoms with E-state index >= 15 is 0 Å². The number of carbonyl (C=O) groups is 1. The molecule has 2 aliphatic rings. The van der Waals surface area contributed by atoms with Crippen LogP contribution >= 0.6 is 11.3 Å². The molecular formula is C17H20N4O2S. The molecule has 4 heterocycles. The average molecular weight is 344 g/mol. The molecule has 24 heavy (non-hydrogen) atoms. The van der Waals surface area contributed by atoms with Gasteiger partial charge >= 0.3 is 0 Å². The van der Waals surface area contributed by atoms with Crippen LogP contribution in [0.5, 0.6) is 0 Å². The molecule has 0 bridgehead atoms. The van der Waals surface area contributed by atoms with Gasteiger partial charge in [0.05, 0.1) is 18.9 Å². The first-order valence-electron chi connectivity index (χ1n) is 8.33. The van der Waals surface area contributed by atoms with Crippen molar-refractivity contribution in [3.8, 4) is 0 Å². The highest BCUT2D eigenvalue weighted by atomic mass is 32.1. The molecule has 0 saturated carbocycles. The van der Waals surface area contributed by atoms with Gasteiger partial charge in [-0.25, -0.2) is 9.97 Å². The molecule has 0 atom stereocenters. The Hall–Kier alpha value is -1.99. The maximum absolute atomic E-state index is 12.6. The van der Waals surface area contributed by atoms with Gasteiger partial charge in [-0.3, -0.25) is 4.79 Å². The van der Waals surface area contributed by atoms with Crippen LogP contribution in [0.15, 0.2) is 24.4 Å². The number of pyridine rings is 1. The molecule has 7 heteroatoms. The fourth-order valence-corrected chi connectivity index (χ4v) is 4.19. The Labute approximate surface area is 145 Å². The molecule has 0 aliphatic carbocycles. The zero-order valence-corrected chi connectivity index (χ0v) is 14.3. The van der Waals surface area contributed by atoms with Crippen molar-refractivity contribution in [1.29, 1.82) is 0 Å². The lowest BCUT2D eigenvalue weighted by molar-refractivity contribution is 0.0302. The molecule has 2 aromatic rings. The van der Waals surface area contributed by atoms with Crippen LogP contribution in [0.3, 0.4) is 0 Å². The minimum atomic E-state index is 0.0537. The molecule has 126 valence electrons. The van der Waals surface area contributed by atoms with E-state index in [0.29, 0.717) is 31.3 Å². The molecule has 0 radical (unpaired) electrons. The van der Waals surface area contributed by atoms with E-state index in [1.165, 1.54) is 4.88 Å². The first kappa shape index (κ1) is 15.5. The van der Waals surface area contributed by atoms with Gasteiger partial charge in [0.25, 0.3) is 5.91 Å². The molecule has 0 N–H and O–H groups in total. The highest BCUT2D eigenvalue weighted by Gasteiger charge is 2.25. The third kappa shape index (κ3) is 3.14. The van der Waals surface area contributed by atoms with Crippen LogP contribution in [0, 0.1) is 0 Å². The van der Waals surface area contributed by atoms with Gasteiger partial charge < -0.3 is 14.5 Å². The Kier molecular flexibility index (Phi) is 4.44. The van der Waals surface area contributed by atoms with Crippen LogP contribution in [-0.4, -0.2) is 60.2 Å². The van der Waals surface area contributed by atoms with E-state index in [2.05, 4.69) is 14.9 Å². The summed E-state index contributed by atoms with van der Waals surface area (Å²) in [6, 6.07) is 5.99. The number of rotatable bonds is 2. The normalized spacial score (nSPS) is 18.2. The maximum atomic E-state index is 12.6. The number of morpholine rings is 1. The Morgan fingerprint density at radius 3 is 2.75 bits per heavy atom. The number of thiazole rings is 1. The van der Waals surface area contributed by atoms with Crippen LogP contribution in [0.4, 0.5) is 5.82 Å². The minimum absolute atomic E-state index is 0.0537. The number of ether oxygens (including phenoxy) is 1. The Morgan fingerprint density at radius 1 is 1.12 bits per heavy atom. The van der Waals surface area contributed by atoms with Gasteiger partial charge in [0.1, 0.15) is 5.82 Å². The summed E-state index contributed by atoms with van der Waals surface area (Å²) in [5.41, 5.74) is 1.08. The van der Waals surface area contributed by atoms with Gasteiger partial charge in [0.15, 0.2) is 5.01 Å². The minimum Gasteiger partial charge on any atom is -0.378 e. The van der Waals surface area contributed by atoms with Crippen molar-refractivity contribution >= 4 is 23.1 Å². The fourth-order valence-electron chi connectivity index (χ4n) is 3.13. The van der Waals surface area contributed by atoms with Crippen LogP contribution in [0.2, 0.25) is 0 Å². The second-order valence-corrected chi connectivity index (χ2v) is 7.05. The Morgan fingerprint density at radius 2 is 1.96 bits per heavy atom. The number of carbonyl (C=O) groups excluding carboxylic acids is 1. The summed E-state index contributed by atoms with van der Waals surface area (Å²) in [6.07, 6.45) is 3.60. The second kappa shape index (κ2) is 6.86. The highest BCUT2D eigenvalue weighted by molar-refractivity contribution is 7.13. The van der Waals surface area contributed by atoms with Crippen molar-refractivity contribution in [2.75, 3.05) is 44.3 Å². The molecule has 1 fully saturated rings. The quantitative estimate of drug-likeness (QED) is 0.828. The third-order valence-electron chi connectivity index (χ3n) is 4.46. The van der Waals surface area contributed by atoms with Gasteiger partial charge in [0, 0.05) is 50.1 Å². The number of hydrogen-bond donors (Lipinski definition) is 0. The molecule has 4 rings (SSSR count). The van der Waals surface area contributed by atoms with Crippen LogP contribution in [0.25, 0.3) is 0 Å². The van der Waals surface area contributed by atoms with E-state index in [9.17, 15) is 4.79 Å². The van der Waals surface area contributed by atoms with E-state index in [0.717, 1.165) is 37.4 Å². The van der Waals surface area contributed by atoms with Crippen LogP contribution in [0.1, 0.15) is 20.4 Å². The summed E-state index contributed by atoms with van der Waals surface area (Å²) in [7, 11) is 0. The van der Waals surface area contributed by atoms with Crippen LogP contribution in [-0.2, 0) is 17.6 Å². The van der Waals surface area contributed by atoms with Gasteiger partial charge in [-0.2, -0.15) is 0 Å². The highest BCUT2D eigenvalue weighted by Crippen LogP contribution is 2.25. The number of amides is 1. The van der Waals surface area contributed by atoms with Crippen molar-refractivity contribution in [3.05, 3.63) is 40.0 Å². The summed E-state index contributed by atoms with van der Waals surface area (Å²) in [4.78, 5) is 27.1. The molecule has 1 amide bonds. The van der Waals surface area contributed by atoms with Crippen molar-refractivity contribution in [2.45, 2.75) is 12.8 Å². The Balaban J connectivity index is 1.47. The fraction of sp³-hybridized carbons (Fsp3) is 0.471. The van der Waals surface area contributed by atoms with E-state index in [1.807, 2.05) is 29.3 Å². The number of aromatic nitrogens is 2. The Bertz CT molecular complexity index is 687. The van der Waals surface area contributed by atoms with Crippen molar-refractivity contribution in [1.82, 2.24) is 14.9 Å². The number of anilines is 1. The molecule has 0 unspecified atom stereocenters. The summed E-state index contributed by atoms with van der Waals surface area (Å²) in [5, 5.41) is 0.633. The molecule has 0 aromatic carbocycles. The molecular weight excluding hydrogens is 324 g/mol. The summed E-state index contributed by atoms with van der Waals surface area (Å²) in [5.74, 6) is 1.07. The van der Waals surface area contributed by atoms with E-state index in [1.54, 1.807) is 11.3 Å². The number of hydrogen-bond acceptors (Lipinski definition) is 6. The van der Waals surface area contributed by atoms with E-state index < -0.39 is 0 Å². The van der Waals surface area contributed by atoms with E-state index in [-0.39, 0.29) is 5.91 Å². The van der Waals surface area contributed by atoms with Crippen molar-refractivity contribution < 1.29 is 9.53 Å². The zero-order chi connectivity index (χ0) is 16.4. The standard InChI is InChI=1S/C17H20N4O2S/c22-17(21-9-11-23-12-10-21)16-19-13-4-7-20(8-5-14(13)24-16)15-3-1-2-6-18-15/h1-3,6H,4-5,7-12H2. The lowest BCUT2D eigenvalue weighted by atomic mass is 10.2. The largest absolute Gasteiger partial charge is 0.378 e. The molecule has 2 aromatic heterocycles. The van der Waals surface area contributed by atoms with Gasteiger partial charge in [-0.1, -0.05) is 6.07 Å². The van der Waals surface area contributed by atoms with Crippen LogP contribution < -0.4 is 4.90 Å². The topological polar surface area (TPSA) is 58.6 Å². The molecule has 6 nitrogen and oxygen atoms in total. The predicted molar refractivity (Wildman–Crippen MR) is 92.7 cm³/mol. The molecule has 1 saturated heterocycles. The first-order valence-corrected chi connectivity index (χ1v) is 9.14. The lowest BCUT2D eigenvalue weighted by Gasteiger charge is -2.25. The number of fused-ring (bicyclic) bond motifs is 1. The molecule has 2 aliphatic heterocycles. The average Bonchev–Trinajstić information content (AvgIpc) is 2.96. The van der Waals surface area contributed by atoms with Gasteiger partial charge in [-0.05, 0) is 12.1 Å². The SMILES string of the molecule is O=C(c1nc2c(s1)CCN(c1ccccn1)CC2)N1CCOCC1. The summed E-state index contributed by atoms with van der Waals surface area (Å²) >= 11 is 1.56. The second-order valence-electron chi connectivity index (χ2n) is 5.97. The lowest BCUT2D eigenvalue weighted by Crippen LogP contribution is -2.40. The van der Waals surface area contributed by atoms with Crippen molar-refractivity contribution in [3.63, 3.8) is 0 Å². The van der Waals surface area contributed by atoms with Crippen molar-refractivity contribution in [2.24, 2.45) is 0 Å². The summed E-state index contributed by atoms with van der Waals surface area (Å²) < 4.78 is 5.32. The maximum Gasteiger partial charge on any atom is 0.283 e. The predicted octanol–water partition coefficient (Wildman–Crippen LogP) is 1.62. The van der Waals surface area contributed by atoms with Gasteiger partial charge in [-0.15, -0.1) is 11.3 Å². The zero-order valence-electron chi connectivity index (χ0n) is 13.5. The monoisotopic (exact) mass is 344 g/mol. The molecule has 0 spiro atoms. The summed E-state index contributed by atoms with van der Waals surface area (Å²) in [6.45, 7) is 4.37. The third-order valence-corrected chi connectivity index (χ3v) is 5.61. The van der Waals surface area contributed by atoms with Gasteiger partial charge in [0.2, 0.25) is 0 Å². The number of nitrogens with zero attached hydrogens (tertiary/aromatic N) is 4. The first-order chi connectivity index (χ1) is 11.8. The van der Waals surface area contributed by atoms with E-state index in [4.69, 9.17) is 4.74 Å².